The van der Waals surface area contributed by atoms with Crippen molar-refractivity contribution in [3.05, 3.63) is 63.3 Å². The molecule has 1 fully saturated rings. The van der Waals surface area contributed by atoms with Gasteiger partial charge in [0.1, 0.15) is 5.82 Å². The number of nitrogens with one attached hydrogen (secondary N) is 2. The summed E-state index contributed by atoms with van der Waals surface area (Å²) in [5.41, 5.74) is -1.33. The maximum atomic E-state index is 15.5. The zero-order valence-electron chi connectivity index (χ0n) is 21.2. The number of piperazine rings is 1. The molecule has 1 amide bonds. The molecule has 200 valence electrons. The van der Waals surface area contributed by atoms with E-state index in [1.165, 1.54) is 12.1 Å². The highest BCUT2D eigenvalue weighted by Gasteiger charge is 2.36. The zero-order chi connectivity index (χ0) is 27.1. The zero-order valence-corrected chi connectivity index (χ0v) is 21.2. The number of rotatable bonds is 4. The second-order valence-corrected chi connectivity index (χ2v) is 9.94. The maximum Gasteiger partial charge on any atom is 0.417 e. The SMILES string of the molecule is CC1CN(c2cc(F)c(C3=CCN(C)CC3)cc2NC(=O)c2c[nH]c(=O)cc2C(F)(F)F)CC(C)N1C. The Bertz CT molecular complexity index is 1260. The number of halogens is 4. The molecule has 1 saturated heterocycles. The number of amides is 1. The minimum Gasteiger partial charge on any atom is -0.367 e. The van der Waals surface area contributed by atoms with Crippen LogP contribution < -0.4 is 15.8 Å². The Morgan fingerprint density at radius 3 is 2.38 bits per heavy atom. The van der Waals surface area contributed by atoms with Gasteiger partial charge in [0.2, 0.25) is 5.56 Å². The first kappa shape index (κ1) is 26.9. The number of aromatic nitrogens is 1. The molecule has 4 rings (SSSR count). The number of alkyl halides is 3. The van der Waals surface area contributed by atoms with Gasteiger partial charge in [0.15, 0.2) is 0 Å². The predicted octanol–water partition coefficient (Wildman–Crippen LogP) is 4.03. The van der Waals surface area contributed by atoms with Crippen molar-refractivity contribution in [1.82, 2.24) is 14.8 Å². The van der Waals surface area contributed by atoms with Gasteiger partial charge in [0.05, 0.1) is 22.5 Å². The van der Waals surface area contributed by atoms with Crippen molar-refractivity contribution in [2.24, 2.45) is 0 Å². The molecule has 2 N–H and O–H groups in total. The predicted molar refractivity (Wildman–Crippen MR) is 135 cm³/mol. The van der Waals surface area contributed by atoms with Gasteiger partial charge >= 0.3 is 6.18 Å². The molecule has 2 atom stereocenters. The van der Waals surface area contributed by atoms with Crippen LogP contribution in [0.2, 0.25) is 0 Å². The van der Waals surface area contributed by atoms with Crippen molar-refractivity contribution in [3.63, 3.8) is 0 Å². The quantitative estimate of drug-likeness (QED) is 0.595. The molecule has 3 heterocycles. The Hall–Kier alpha value is -3.18. The van der Waals surface area contributed by atoms with Gasteiger partial charge in [-0.25, -0.2) is 4.39 Å². The first-order valence-electron chi connectivity index (χ1n) is 12.1. The third kappa shape index (κ3) is 5.72. The van der Waals surface area contributed by atoms with Crippen molar-refractivity contribution >= 4 is 22.9 Å². The summed E-state index contributed by atoms with van der Waals surface area (Å²) in [6.45, 7) is 6.52. The average molecular weight is 522 g/mol. The summed E-state index contributed by atoms with van der Waals surface area (Å²) in [5, 5.41) is 2.59. The number of pyridine rings is 1. The van der Waals surface area contributed by atoms with E-state index >= 15 is 4.39 Å². The van der Waals surface area contributed by atoms with Gasteiger partial charge in [0.25, 0.3) is 5.91 Å². The van der Waals surface area contributed by atoms with Crippen LogP contribution in [-0.2, 0) is 6.18 Å². The summed E-state index contributed by atoms with van der Waals surface area (Å²) in [7, 11) is 3.96. The summed E-state index contributed by atoms with van der Waals surface area (Å²) in [6, 6.07) is 3.47. The van der Waals surface area contributed by atoms with E-state index in [0.29, 0.717) is 43.4 Å². The second-order valence-electron chi connectivity index (χ2n) is 9.94. The highest BCUT2D eigenvalue weighted by Crippen LogP contribution is 2.37. The summed E-state index contributed by atoms with van der Waals surface area (Å²) in [6.07, 6.45) is -1.64. The average Bonchev–Trinajstić information content (AvgIpc) is 2.83. The topological polar surface area (TPSA) is 71.7 Å². The van der Waals surface area contributed by atoms with Crippen LogP contribution in [0.25, 0.3) is 5.57 Å². The summed E-state index contributed by atoms with van der Waals surface area (Å²) >= 11 is 0. The molecule has 0 radical (unpaired) electrons. The third-order valence-electron chi connectivity index (χ3n) is 7.27. The van der Waals surface area contributed by atoms with Crippen LogP contribution >= 0.6 is 0 Å². The Labute approximate surface area is 212 Å². The van der Waals surface area contributed by atoms with E-state index in [4.69, 9.17) is 0 Å². The molecule has 0 saturated carbocycles. The number of hydrogen-bond donors (Lipinski definition) is 2. The van der Waals surface area contributed by atoms with Crippen molar-refractivity contribution < 1.29 is 22.4 Å². The van der Waals surface area contributed by atoms with E-state index in [-0.39, 0.29) is 17.8 Å². The van der Waals surface area contributed by atoms with Crippen LogP contribution in [0.4, 0.5) is 28.9 Å². The number of H-pyrrole nitrogens is 1. The van der Waals surface area contributed by atoms with E-state index in [1.54, 1.807) is 0 Å². The molecule has 1 aromatic carbocycles. The highest BCUT2D eigenvalue weighted by molar-refractivity contribution is 6.07. The van der Waals surface area contributed by atoms with Crippen LogP contribution in [0, 0.1) is 5.82 Å². The van der Waals surface area contributed by atoms with Crippen molar-refractivity contribution in [3.8, 4) is 0 Å². The van der Waals surface area contributed by atoms with E-state index in [9.17, 15) is 22.8 Å². The molecule has 2 aromatic rings. The van der Waals surface area contributed by atoms with E-state index in [0.717, 1.165) is 18.3 Å². The molecular formula is C26H31F4N5O2. The molecule has 0 bridgehead atoms. The summed E-state index contributed by atoms with van der Waals surface area (Å²) < 4.78 is 56.3. The minimum atomic E-state index is -4.90. The molecule has 0 aliphatic carbocycles. The van der Waals surface area contributed by atoms with Crippen LogP contribution in [0.5, 0.6) is 0 Å². The van der Waals surface area contributed by atoms with Crippen molar-refractivity contribution in [2.45, 2.75) is 38.5 Å². The fourth-order valence-electron chi connectivity index (χ4n) is 4.87. The number of benzene rings is 1. The van der Waals surface area contributed by atoms with Crippen molar-refractivity contribution in [1.29, 1.82) is 0 Å². The van der Waals surface area contributed by atoms with E-state index in [2.05, 4.69) is 20.1 Å². The van der Waals surface area contributed by atoms with Gasteiger partial charge in [0, 0.05) is 56.1 Å². The van der Waals surface area contributed by atoms with E-state index < -0.39 is 34.6 Å². The molecule has 2 aliphatic rings. The third-order valence-corrected chi connectivity index (χ3v) is 7.27. The van der Waals surface area contributed by atoms with Crippen LogP contribution in [0.3, 0.4) is 0 Å². The number of likely N-dealkylation sites (N-methyl/N-ethyl adjacent to an activating group) is 2. The number of anilines is 2. The minimum absolute atomic E-state index is 0.127. The van der Waals surface area contributed by atoms with Crippen molar-refractivity contribution in [2.75, 3.05) is 50.5 Å². The lowest BCUT2D eigenvalue weighted by molar-refractivity contribution is -0.138. The van der Waals surface area contributed by atoms with Gasteiger partial charge in [-0.15, -0.1) is 0 Å². The maximum absolute atomic E-state index is 15.5. The first-order valence-corrected chi connectivity index (χ1v) is 12.1. The lowest BCUT2D eigenvalue weighted by Gasteiger charge is -2.44. The molecule has 2 unspecified atom stereocenters. The monoisotopic (exact) mass is 521 g/mol. The summed E-state index contributed by atoms with van der Waals surface area (Å²) in [4.78, 5) is 33.1. The molecule has 11 heteroatoms. The number of carbonyl (C=O) groups is 1. The van der Waals surface area contributed by atoms with Gasteiger partial charge in [-0.1, -0.05) is 6.08 Å². The van der Waals surface area contributed by atoms with Crippen LogP contribution in [0.15, 0.2) is 35.3 Å². The number of hydrogen-bond acceptors (Lipinski definition) is 5. The number of aromatic amines is 1. The van der Waals surface area contributed by atoms with E-state index in [1.807, 2.05) is 38.9 Å². The smallest absolute Gasteiger partial charge is 0.367 e. The normalized spacial score (nSPS) is 21.6. The van der Waals surface area contributed by atoms with Crippen LogP contribution in [0.1, 0.15) is 41.8 Å². The largest absolute Gasteiger partial charge is 0.417 e. The Morgan fingerprint density at radius 1 is 1.11 bits per heavy atom. The Balaban J connectivity index is 1.78. The summed E-state index contributed by atoms with van der Waals surface area (Å²) in [5.74, 6) is -1.50. The molecule has 0 spiro atoms. The highest BCUT2D eigenvalue weighted by atomic mass is 19.4. The van der Waals surface area contributed by atoms with Gasteiger partial charge < -0.3 is 20.1 Å². The lowest BCUT2D eigenvalue weighted by atomic mass is 9.97. The number of nitrogens with zero attached hydrogens (tertiary/aromatic N) is 3. The number of carbonyl (C=O) groups excluding carboxylic acids is 1. The fourth-order valence-corrected chi connectivity index (χ4v) is 4.87. The first-order chi connectivity index (χ1) is 17.3. The molecule has 1 aromatic heterocycles. The molecule has 2 aliphatic heterocycles. The molecule has 7 nitrogen and oxygen atoms in total. The standard InChI is InChI=1S/C26H31F4N5O2/c1-15-13-35(14-16(2)34(15)4)23-11-21(27)18(17-5-7-33(3)8-6-17)9-22(23)32-25(37)19-12-31-24(36)10-20(19)26(28,29)30/h5,9-12,15-16H,6-8,13-14H2,1-4H3,(H,31,36)(H,32,37). The fraction of sp³-hybridized carbons (Fsp3) is 0.462. The Kier molecular flexibility index (Phi) is 7.48. The lowest BCUT2D eigenvalue weighted by Crippen LogP contribution is -2.55. The van der Waals surface area contributed by atoms with Crippen LogP contribution in [-0.4, -0.2) is 73.0 Å². The Morgan fingerprint density at radius 2 is 1.78 bits per heavy atom. The van der Waals surface area contributed by atoms with Gasteiger partial charge in [-0.05, 0) is 52.1 Å². The van der Waals surface area contributed by atoms with Gasteiger partial charge in [-0.2, -0.15) is 13.2 Å². The second kappa shape index (κ2) is 10.3. The van der Waals surface area contributed by atoms with Gasteiger partial charge in [-0.3, -0.25) is 14.5 Å². The molecular weight excluding hydrogens is 490 g/mol. The molecule has 37 heavy (non-hydrogen) atoms.